The van der Waals surface area contributed by atoms with Crippen molar-refractivity contribution in [2.45, 2.75) is 43.6 Å². The van der Waals surface area contributed by atoms with Crippen LogP contribution in [0.4, 0.5) is 0 Å². The molecule has 21 heavy (non-hydrogen) atoms. The van der Waals surface area contributed by atoms with Crippen LogP contribution in [0.25, 0.3) is 0 Å². The van der Waals surface area contributed by atoms with E-state index in [0.717, 1.165) is 24.8 Å². The molecule has 0 spiro atoms. The van der Waals surface area contributed by atoms with Crippen LogP contribution in [0.2, 0.25) is 0 Å². The molecule has 0 saturated heterocycles. The molecule has 0 heterocycles. The van der Waals surface area contributed by atoms with Crippen LogP contribution in [0.1, 0.15) is 42.7 Å². The number of aromatic hydroxyl groups is 1. The van der Waals surface area contributed by atoms with Crippen LogP contribution in [0, 0.1) is 0 Å². The zero-order valence-corrected chi connectivity index (χ0v) is 12.2. The Morgan fingerprint density at radius 3 is 2.57 bits per heavy atom. The Morgan fingerprint density at radius 1 is 1.00 bits per heavy atom. The van der Waals surface area contributed by atoms with E-state index in [1.54, 1.807) is 12.1 Å². The van der Waals surface area contributed by atoms with Gasteiger partial charge in [-0.25, -0.2) is 0 Å². The summed E-state index contributed by atoms with van der Waals surface area (Å²) >= 11 is 0. The molecule has 2 aromatic carbocycles. The molecule has 2 heteroatoms. The van der Waals surface area contributed by atoms with Crippen molar-refractivity contribution in [1.82, 2.24) is 0 Å². The maximum absolute atomic E-state index is 11.2. The van der Waals surface area contributed by atoms with E-state index in [9.17, 15) is 10.2 Å². The van der Waals surface area contributed by atoms with Crippen LogP contribution in [-0.2, 0) is 6.42 Å². The topological polar surface area (TPSA) is 40.5 Å². The van der Waals surface area contributed by atoms with Crippen LogP contribution in [-0.4, -0.2) is 15.8 Å². The van der Waals surface area contributed by atoms with Gasteiger partial charge in [0, 0.05) is 12.3 Å². The third kappa shape index (κ3) is 3.11. The SMILES string of the molecule is Oc1cccc(CC2(O)CCCCC2c2ccccc2)c1. The Kier molecular flexibility index (Phi) is 3.98. The third-order valence-corrected chi connectivity index (χ3v) is 4.62. The molecule has 0 bridgehead atoms. The van der Waals surface area contributed by atoms with Gasteiger partial charge >= 0.3 is 0 Å². The van der Waals surface area contributed by atoms with Crippen molar-refractivity contribution < 1.29 is 10.2 Å². The lowest BCUT2D eigenvalue weighted by molar-refractivity contribution is -0.0167. The van der Waals surface area contributed by atoms with E-state index in [1.807, 2.05) is 30.3 Å². The molecule has 2 nitrogen and oxygen atoms in total. The quantitative estimate of drug-likeness (QED) is 0.892. The second-order valence-electron chi connectivity index (χ2n) is 6.16. The molecule has 2 unspecified atom stereocenters. The lowest BCUT2D eigenvalue weighted by Gasteiger charge is -2.40. The minimum atomic E-state index is -0.715. The highest BCUT2D eigenvalue weighted by atomic mass is 16.3. The van der Waals surface area contributed by atoms with Crippen molar-refractivity contribution >= 4 is 0 Å². The molecule has 2 atom stereocenters. The van der Waals surface area contributed by atoms with Gasteiger partial charge in [-0.05, 0) is 36.1 Å². The molecule has 110 valence electrons. The summed E-state index contributed by atoms with van der Waals surface area (Å²) in [7, 11) is 0. The van der Waals surface area contributed by atoms with E-state index in [-0.39, 0.29) is 11.7 Å². The van der Waals surface area contributed by atoms with Gasteiger partial charge in [-0.3, -0.25) is 0 Å². The van der Waals surface area contributed by atoms with Gasteiger partial charge < -0.3 is 10.2 Å². The summed E-state index contributed by atoms with van der Waals surface area (Å²) < 4.78 is 0. The minimum absolute atomic E-state index is 0.176. The summed E-state index contributed by atoms with van der Waals surface area (Å²) in [6.07, 6.45) is 4.68. The highest BCUT2D eigenvalue weighted by Gasteiger charge is 2.39. The first-order valence-corrected chi connectivity index (χ1v) is 7.73. The molecule has 1 aliphatic rings. The number of aliphatic hydroxyl groups is 1. The van der Waals surface area contributed by atoms with Crippen molar-refractivity contribution in [2.24, 2.45) is 0 Å². The monoisotopic (exact) mass is 282 g/mol. The van der Waals surface area contributed by atoms with Crippen molar-refractivity contribution in [3.05, 3.63) is 65.7 Å². The normalized spacial score (nSPS) is 25.7. The first-order valence-electron chi connectivity index (χ1n) is 7.73. The molecule has 1 fully saturated rings. The van der Waals surface area contributed by atoms with E-state index in [2.05, 4.69) is 12.1 Å². The van der Waals surface area contributed by atoms with E-state index in [0.29, 0.717) is 6.42 Å². The molecule has 1 aliphatic carbocycles. The first kappa shape index (κ1) is 14.2. The predicted octanol–water partition coefficient (Wildman–Crippen LogP) is 4.02. The second-order valence-corrected chi connectivity index (χ2v) is 6.16. The van der Waals surface area contributed by atoms with Gasteiger partial charge in [0.25, 0.3) is 0 Å². The maximum Gasteiger partial charge on any atom is 0.115 e. The third-order valence-electron chi connectivity index (χ3n) is 4.62. The van der Waals surface area contributed by atoms with Crippen LogP contribution >= 0.6 is 0 Å². The Bertz CT molecular complexity index is 594. The van der Waals surface area contributed by atoms with Crippen LogP contribution in [0.3, 0.4) is 0 Å². The summed E-state index contributed by atoms with van der Waals surface area (Å²) in [6.45, 7) is 0. The van der Waals surface area contributed by atoms with Gasteiger partial charge in [0.15, 0.2) is 0 Å². The van der Waals surface area contributed by atoms with E-state index in [4.69, 9.17) is 0 Å². The number of phenolic OH excluding ortho intramolecular Hbond substituents is 1. The average molecular weight is 282 g/mol. The highest BCUT2D eigenvalue weighted by molar-refractivity contribution is 5.31. The summed E-state index contributed by atoms with van der Waals surface area (Å²) in [5, 5.41) is 20.9. The molecule has 0 amide bonds. The van der Waals surface area contributed by atoms with Gasteiger partial charge in [0.2, 0.25) is 0 Å². The van der Waals surface area contributed by atoms with Crippen molar-refractivity contribution in [3.8, 4) is 5.75 Å². The molecule has 2 N–H and O–H groups in total. The number of hydrogen-bond acceptors (Lipinski definition) is 2. The summed E-state index contributed by atoms with van der Waals surface area (Å²) in [5.74, 6) is 0.443. The second kappa shape index (κ2) is 5.90. The van der Waals surface area contributed by atoms with Gasteiger partial charge in [-0.1, -0.05) is 55.3 Å². The first-order chi connectivity index (χ1) is 10.2. The number of hydrogen-bond donors (Lipinski definition) is 2. The standard InChI is InChI=1S/C19H22O2/c20-17-10-6-7-15(13-17)14-19(21)12-5-4-11-18(19)16-8-2-1-3-9-16/h1-3,6-10,13,18,20-21H,4-5,11-12,14H2. The molecular formula is C19H22O2. The highest BCUT2D eigenvalue weighted by Crippen LogP contribution is 2.43. The molecule has 2 aromatic rings. The Balaban J connectivity index is 1.88. The van der Waals surface area contributed by atoms with Crippen LogP contribution in [0.5, 0.6) is 5.75 Å². The van der Waals surface area contributed by atoms with Gasteiger partial charge in [-0.15, -0.1) is 0 Å². The predicted molar refractivity (Wildman–Crippen MR) is 84.4 cm³/mol. The van der Waals surface area contributed by atoms with E-state index >= 15 is 0 Å². The number of rotatable bonds is 3. The lowest BCUT2D eigenvalue weighted by Crippen LogP contribution is -2.41. The lowest BCUT2D eigenvalue weighted by atomic mass is 9.69. The Morgan fingerprint density at radius 2 is 1.81 bits per heavy atom. The van der Waals surface area contributed by atoms with Crippen molar-refractivity contribution in [2.75, 3.05) is 0 Å². The van der Waals surface area contributed by atoms with Crippen LogP contribution < -0.4 is 0 Å². The number of benzene rings is 2. The Hall–Kier alpha value is -1.80. The number of phenols is 1. The summed E-state index contributed by atoms with van der Waals surface area (Å²) in [4.78, 5) is 0. The Labute approximate surface area is 126 Å². The molecular weight excluding hydrogens is 260 g/mol. The average Bonchev–Trinajstić information content (AvgIpc) is 2.48. The smallest absolute Gasteiger partial charge is 0.115 e. The van der Waals surface area contributed by atoms with Gasteiger partial charge in [-0.2, -0.15) is 0 Å². The van der Waals surface area contributed by atoms with Crippen molar-refractivity contribution in [3.63, 3.8) is 0 Å². The molecule has 3 rings (SSSR count). The molecule has 0 radical (unpaired) electrons. The zero-order chi connectivity index (χ0) is 14.7. The molecule has 0 aliphatic heterocycles. The largest absolute Gasteiger partial charge is 0.508 e. The zero-order valence-electron chi connectivity index (χ0n) is 12.2. The molecule has 0 aromatic heterocycles. The van der Waals surface area contributed by atoms with Crippen molar-refractivity contribution in [1.29, 1.82) is 0 Å². The van der Waals surface area contributed by atoms with Gasteiger partial charge in [0.05, 0.1) is 5.60 Å². The fourth-order valence-corrected chi connectivity index (χ4v) is 3.62. The summed E-state index contributed by atoms with van der Waals surface area (Å²) in [6, 6.07) is 17.6. The maximum atomic E-state index is 11.2. The van der Waals surface area contributed by atoms with Gasteiger partial charge in [0.1, 0.15) is 5.75 Å². The fraction of sp³-hybridized carbons (Fsp3) is 0.368. The molecule has 1 saturated carbocycles. The van der Waals surface area contributed by atoms with Crippen LogP contribution in [0.15, 0.2) is 54.6 Å². The summed E-state index contributed by atoms with van der Waals surface area (Å²) in [5.41, 5.74) is 1.51. The van der Waals surface area contributed by atoms with E-state index < -0.39 is 5.60 Å². The minimum Gasteiger partial charge on any atom is -0.508 e. The fourth-order valence-electron chi connectivity index (χ4n) is 3.62. The van der Waals surface area contributed by atoms with E-state index in [1.165, 1.54) is 12.0 Å².